The average Bonchev–Trinajstić information content (AvgIpc) is 2.81. The maximum atomic E-state index is 5.49. The quantitative estimate of drug-likeness (QED) is 0.944. The summed E-state index contributed by atoms with van der Waals surface area (Å²) >= 11 is 3.57. The SMILES string of the molecule is Cc1cc(-n2cc(CCCN)nn2)cc(C)c1Br. The molecule has 4 nitrogen and oxygen atoms in total. The molecule has 0 saturated heterocycles. The molecule has 0 aliphatic carbocycles. The van der Waals surface area contributed by atoms with Crippen LogP contribution in [-0.2, 0) is 6.42 Å². The molecule has 96 valence electrons. The Kier molecular flexibility index (Phi) is 4.14. The zero-order valence-corrected chi connectivity index (χ0v) is 12.2. The third kappa shape index (κ3) is 2.79. The van der Waals surface area contributed by atoms with Crippen LogP contribution in [0.2, 0.25) is 0 Å². The van der Waals surface area contributed by atoms with Crippen LogP contribution in [0.3, 0.4) is 0 Å². The van der Waals surface area contributed by atoms with Gasteiger partial charge >= 0.3 is 0 Å². The van der Waals surface area contributed by atoms with Gasteiger partial charge in [-0.1, -0.05) is 21.1 Å². The van der Waals surface area contributed by atoms with E-state index in [1.165, 1.54) is 11.1 Å². The molecule has 0 fully saturated rings. The van der Waals surface area contributed by atoms with Crippen LogP contribution >= 0.6 is 15.9 Å². The lowest BCUT2D eigenvalue weighted by Gasteiger charge is -2.07. The van der Waals surface area contributed by atoms with E-state index < -0.39 is 0 Å². The van der Waals surface area contributed by atoms with Gasteiger partial charge in [-0.15, -0.1) is 5.10 Å². The largest absolute Gasteiger partial charge is 0.330 e. The van der Waals surface area contributed by atoms with Gasteiger partial charge in [0.1, 0.15) is 0 Å². The van der Waals surface area contributed by atoms with E-state index in [0.717, 1.165) is 28.7 Å². The summed E-state index contributed by atoms with van der Waals surface area (Å²) in [7, 11) is 0. The van der Waals surface area contributed by atoms with Crippen molar-refractivity contribution < 1.29 is 0 Å². The summed E-state index contributed by atoms with van der Waals surface area (Å²) in [6, 6.07) is 4.19. The number of hydrogen-bond acceptors (Lipinski definition) is 3. The van der Waals surface area contributed by atoms with Gasteiger partial charge < -0.3 is 5.73 Å². The fourth-order valence-electron chi connectivity index (χ4n) is 1.88. The molecule has 0 atom stereocenters. The van der Waals surface area contributed by atoms with Crippen molar-refractivity contribution in [3.63, 3.8) is 0 Å². The number of halogens is 1. The van der Waals surface area contributed by atoms with Crippen LogP contribution in [-0.4, -0.2) is 21.5 Å². The van der Waals surface area contributed by atoms with Crippen LogP contribution in [0.5, 0.6) is 0 Å². The van der Waals surface area contributed by atoms with Crippen LogP contribution in [0, 0.1) is 13.8 Å². The van der Waals surface area contributed by atoms with E-state index >= 15 is 0 Å². The number of aryl methyl sites for hydroxylation is 3. The second-order valence-corrected chi connectivity index (χ2v) is 5.23. The summed E-state index contributed by atoms with van der Waals surface area (Å²) < 4.78 is 2.97. The molecule has 0 radical (unpaired) electrons. The Morgan fingerprint density at radius 3 is 2.56 bits per heavy atom. The van der Waals surface area contributed by atoms with E-state index in [1.807, 2.05) is 10.9 Å². The first kappa shape index (κ1) is 13.2. The van der Waals surface area contributed by atoms with Gasteiger partial charge in [0, 0.05) is 4.47 Å². The molecule has 0 aliphatic rings. The van der Waals surface area contributed by atoms with Crippen LogP contribution < -0.4 is 5.73 Å². The molecule has 1 aromatic heterocycles. The number of hydrogen-bond donors (Lipinski definition) is 1. The van der Waals surface area contributed by atoms with Gasteiger partial charge in [0.05, 0.1) is 17.6 Å². The van der Waals surface area contributed by atoms with Gasteiger partial charge in [-0.3, -0.25) is 0 Å². The predicted octanol–water partition coefficient (Wildman–Crippen LogP) is 2.54. The zero-order chi connectivity index (χ0) is 13.1. The number of rotatable bonds is 4. The molecule has 5 heteroatoms. The number of benzene rings is 1. The van der Waals surface area contributed by atoms with Crippen molar-refractivity contribution in [3.8, 4) is 5.69 Å². The minimum absolute atomic E-state index is 0.684. The fourth-order valence-corrected chi connectivity index (χ4v) is 2.11. The first-order valence-electron chi connectivity index (χ1n) is 6.00. The van der Waals surface area contributed by atoms with Gasteiger partial charge in [-0.2, -0.15) is 0 Å². The van der Waals surface area contributed by atoms with Crippen molar-refractivity contribution in [2.24, 2.45) is 5.73 Å². The third-order valence-corrected chi connectivity index (χ3v) is 4.11. The van der Waals surface area contributed by atoms with Crippen LogP contribution in [0.25, 0.3) is 5.69 Å². The van der Waals surface area contributed by atoms with Crippen LogP contribution in [0.15, 0.2) is 22.8 Å². The van der Waals surface area contributed by atoms with E-state index in [4.69, 9.17) is 5.73 Å². The number of nitrogens with zero attached hydrogens (tertiary/aromatic N) is 3. The molecule has 1 heterocycles. The number of nitrogens with two attached hydrogens (primary N) is 1. The van der Waals surface area contributed by atoms with E-state index in [9.17, 15) is 0 Å². The smallest absolute Gasteiger partial charge is 0.0832 e. The lowest BCUT2D eigenvalue weighted by molar-refractivity contribution is 0.778. The minimum atomic E-state index is 0.684. The summed E-state index contributed by atoms with van der Waals surface area (Å²) in [4.78, 5) is 0. The Balaban J connectivity index is 2.28. The molecule has 1 aromatic carbocycles. The molecule has 0 unspecified atom stereocenters. The third-order valence-electron chi connectivity index (χ3n) is 2.86. The Morgan fingerprint density at radius 2 is 1.94 bits per heavy atom. The summed E-state index contributed by atoms with van der Waals surface area (Å²) in [6.45, 7) is 4.84. The van der Waals surface area contributed by atoms with E-state index in [2.05, 4.69) is 52.2 Å². The van der Waals surface area contributed by atoms with E-state index in [0.29, 0.717) is 6.54 Å². The lowest BCUT2D eigenvalue weighted by atomic mass is 10.1. The van der Waals surface area contributed by atoms with Crippen molar-refractivity contribution >= 4 is 15.9 Å². The first-order chi connectivity index (χ1) is 8.61. The molecule has 2 rings (SSSR count). The monoisotopic (exact) mass is 308 g/mol. The molecular formula is C13H17BrN4. The molecular weight excluding hydrogens is 292 g/mol. The lowest BCUT2D eigenvalue weighted by Crippen LogP contribution is -2.00. The highest BCUT2D eigenvalue weighted by molar-refractivity contribution is 9.10. The van der Waals surface area contributed by atoms with Crippen molar-refractivity contribution in [2.75, 3.05) is 6.54 Å². The van der Waals surface area contributed by atoms with E-state index in [1.54, 1.807) is 0 Å². The maximum absolute atomic E-state index is 5.49. The van der Waals surface area contributed by atoms with Gasteiger partial charge in [-0.25, -0.2) is 4.68 Å². The molecule has 2 N–H and O–H groups in total. The molecule has 0 spiro atoms. The highest BCUT2D eigenvalue weighted by Gasteiger charge is 2.06. The van der Waals surface area contributed by atoms with Crippen LogP contribution in [0.1, 0.15) is 23.2 Å². The fraction of sp³-hybridized carbons (Fsp3) is 0.385. The standard InChI is InChI=1S/C13H17BrN4/c1-9-6-12(7-10(2)13(9)14)18-8-11(16-17-18)4-3-5-15/h6-8H,3-5,15H2,1-2H3. The highest BCUT2D eigenvalue weighted by atomic mass is 79.9. The van der Waals surface area contributed by atoms with Gasteiger partial charge in [-0.05, 0) is 56.5 Å². The van der Waals surface area contributed by atoms with Gasteiger partial charge in [0.2, 0.25) is 0 Å². The Bertz CT molecular complexity index is 525. The Hall–Kier alpha value is -1.20. The maximum Gasteiger partial charge on any atom is 0.0832 e. The second kappa shape index (κ2) is 5.63. The Morgan fingerprint density at radius 1 is 1.28 bits per heavy atom. The summed E-state index contributed by atoms with van der Waals surface area (Å²) in [5, 5.41) is 8.32. The zero-order valence-electron chi connectivity index (χ0n) is 10.7. The molecule has 0 amide bonds. The van der Waals surface area contributed by atoms with Gasteiger partial charge in [0.15, 0.2) is 0 Å². The predicted molar refractivity (Wildman–Crippen MR) is 75.9 cm³/mol. The molecule has 0 saturated carbocycles. The van der Waals surface area contributed by atoms with Crippen molar-refractivity contribution in [3.05, 3.63) is 39.6 Å². The van der Waals surface area contributed by atoms with E-state index in [-0.39, 0.29) is 0 Å². The van der Waals surface area contributed by atoms with Crippen molar-refractivity contribution in [1.29, 1.82) is 0 Å². The summed E-state index contributed by atoms with van der Waals surface area (Å²) in [5.41, 5.74) is 9.91. The summed E-state index contributed by atoms with van der Waals surface area (Å²) in [6.07, 6.45) is 3.79. The summed E-state index contributed by atoms with van der Waals surface area (Å²) in [5.74, 6) is 0. The van der Waals surface area contributed by atoms with Gasteiger partial charge in [0.25, 0.3) is 0 Å². The minimum Gasteiger partial charge on any atom is -0.330 e. The molecule has 0 bridgehead atoms. The molecule has 2 aromatic rings. The highest BCUT2D eigenvalue weighted by Crippen LogP contribution is 2.24. The normalized spacial score (nSPS) is 10.9. The topological polar surface area (TPSA) is 56.7 Å². The first-order valence-corrected chi connectivity index (χ1v) is 6.79. The molecule has 0 aliphatic heterocycles. The van der Waals surface area contributed by atoms with Crippen LogP contribution in [0.4, 0.5) is 0 Å². The second-order valence-electron chi connectivity index (χ2n) is 4.44. The molecule has 18 heavy (non-hydrogen) atoms. The average molecular weight is 309 g/mol. The van der Waals surface area contributed by atoms with Crippen molar-refractivity contribution in [2.45, 2.75) is 26.7 Å². The van der Waals surface area contributed by atoms with Crippen molar-refractivity contribution in [1.82, 2.24) is 15.0 Å². The Labute approximate surface area is 115 Å². The number of aromatic nitrogens is 3.